The molecule has 2 aromatic rings. The summed E-state index contributed by atoms with van der Waals surface area (Å²) in [5.74, 6) is -2.99. The number of benzene rings is 2. The average molecular weight is 478 g/mol. The van der Waals surface area contributed by atoms with E-state index < -0.39 is 36.2 Å². The van der Waals surface area contributed by atoms with E-state index >= 15 is 0 Å². The zero-order chi connectivity index (χ0) is 23.4. The Hall–Kier alpha value is -3.10. The predicted molar refractivity (Wildman–Crippen MR) is 119 cm³/mol. The van der Waals surface area contributed by atoms with Gasteiger partial charge in [0.15, 0.2) is 6.61 Å². The summed E-state index contributed by atoms with van der Waals surface area (Å²) in [6.07, 6.45) is -0.140. The first-order chi connectivity index (χ1) is 15.2. The lowest BCUT2D eigenvalue weighted by Crippen LogP contribution is -2.43. The van der Waals surface area contributed by atoms with Crippen LogP contribution in [0.1, 0.15) is 27.9 Å². The lowest BCUT2D eigenvalue weighted by molar-refractivity contribution is -0.151. The molecular formula is C22H21Cl2N3O5. The highest BCUT2D eigenvalue weighted by Gasteiger charge is 2.36. The summed E-state index contributed by atoms with van der Waals surface area (Å²) in [5.41, 5.74) is 5.23. The molecule has 0 aromatic heterocycles. The number of carbonyl (C=O) groups excluding carboxylic acids is 4. The Balaban J connectivity index is 1.51. The molecule has 0 spiro atoms. The van der Waals surface area contributed by atoms with E-state index in [0.29, 0.717) is 10.7 Å². The SMILES string of the molecule is Cc1cccc(NC(=O)COC(=O)[C@H]2CC(=O)N(NC(=O)c3ccc(Cl)c(Cl)c3)C2)c1C. The zero-order valence-corrected chi connectivity index (χ0v) is 18.9. The zero-order valence-electron chi connectivity index (χ0n) is 17.4. The molecule has 3 amide bonds. The van der Waals surface area contributed by atoms with E-state index in [4.69, 9.17) is 27.9 Å². The number of amides is 3. The van der Waals surface area contributed by atoms with Crippen molar-refractivity contribution < 1.29 is 23.9 Å². The van der Waals surface area contributed by atoms with Gasteiger partial charge < -0.3 is 10.1 Å². The van der Waals surface area contributed by atoms with E-state index in [9.17, 15) is 19.2 Å². The highest BCUT2D eigenvalue weighted by atomic mass is 35.5. The van der Waals surface area contributed by atoms with E-state index in [0.717, 1.165) is 16.1 Å². The van der Waals surface area contributed by atoms with Crippen LogP contribution in [0.3, 0.4) is 0 Å². The normalized spacial score (nSPS) is 15.4. The lowest BCUT2D eigenvalue weighted by atomic mass is 10.1. The van der Waals surface area contributed by atoms with Gasteiger partial charge in [0.25, 0.3) is 11.8 Å². The fraction of sp³-hybridized carbons (Fsp3) is 0.273. The van der Waals surface area contributed by atoms with Crippen LogP contribution in [0, 0.1) is 19.8 Å². The van der Waals surface area contributed by atoms with Crippen molar-refractivity contribution in [2.45, 2.75) is 20.3 Å². The maximum absolute atomic E-state index is 12.4. The molecule has 10 heteroatoms. The summed E-state index contributed by atoms with van der Waals surface area (Å²) in [5, 5.41) is 4.24. The molecule has 3 rings (SSSR count). The molecule has 0 saturated carbocycles. The second-order valence-electron chi connectivity index (χ2n) is 7.38. The van der Waals surface area contributed by atoms with Gasteiger partial charge in [-0.2, -0.15) is 0 Å². The second-order valence-corrected chi connectivity index (χ2v) is 8.19. The van der Waals surface area contributed by atoms with Crippen LogP contribution in [0.4, 0.5) is 5.69 Å². The van der Waals surface area contributed by atoms with E-state index in [1.165, 1.54) is 18.2 Å². The average Bonchev–Trinajstić information content (AvgIpc) is 3.12. The lowest BCUT2D eigenvalue weighted by Gasteiger charge is -2.17. The van der Waals surface area contributed by atoms with Gasteiger partial charge in [-0.05, 0) is 49.2 Å². The Morgan fingerprint density at radius 1 is 1.12 bits per heavy atom. The predicted octanol–water partition coefficient (Wildman–Crippen LogP) is 3.29. The Bertz CT molecular complexity index is 1090. The third-order valence-corrected chi connectivity index (χ3v) is 5.84. The molecule has 32 heavy (non-hydrogen) atoms. The number of halogens is 2. The first kappa shape index (κ1) is 23.6. The van der Waals surface area contributed by atoms with Crippen molar-refractivity contribution in [1.82, 2.24) is 10.4 Å². The van der Waals surface area contributed by atoms with Gasteiger partial charge in [-0.25, -0.2) is 0 Å². The molecule has 1 aliphatic rings. The summed E-state index contributed by atoms with van der Waals surface area (Å²) >= 11 is 11.7. The van der Waals surface area contributed by atoms with Gasteiger partial charge in [0.2, 0.25) is 5.91 Å². The Morgan fingerprint density at radius 3 is 2.59 bits per heavy atom. The van der Waals surface area contributed by atoms with Crippen molar-refractivity contribution in [1.29, 1.82) is 0 Å². The van der Waals surface area contributed by atoms with E-state index in [1.807, 2.05) is 26.0 Å². The number of esters is 1. The molecule has 0 unspecified atom stereocenters. The number of nitrogens with zero attached hydrogens (tertiary/aromatic N) is 1. The van der Waals surface area contributed by atoms with Crippen LogP contribution in [0.5, 0.6) is 0 Å². The van der Waals surface area contributed by atoms with Crippen LogP contribution in [-0.4, -0.2) is 41.9 Å². The quantitative estimate of drug-likeness (QED) is 0.621. The molecule has 1 heterocycles. The van der Waals surface area contributed by atoms with E-state index in [2.05, 4.69) is 10.7 Å². The monoisotopic (exact) mass is 477 g/mol. The van der Waals surface area contributed by atoms with Gasteiger partial charge >= 0.3 is 5.97 Å². The van der Waals surface area contributed by atoms with Crippen LogP contribution in [0.2, 0.25) is 10.0 Å². The molecule has 1 fully saturated rings. The standard InChI is InChI=1S/C22H21Cl2N3O5/c1-12-4-3-5-18(13(12)2)25-19(28)11-32-22(31)15-9-20(29)27(10-15)26-21(30)14-6-7-16(23)17(24)8-14/h3-8,15H,9-11H2,1-2H3,(H,25,28)(H,26,30)/t15-/m0/s1. The number of hydrazine groups is 1. The van der Waals surface area contributed by atoms with Gasteiger partial charge in [-0.1, -0.05) is 35.3 Å². The van der Waals surface area contributed by atoms with Gasteiger partial charge in [-0.15, -0.1) is 0 Å². The molecule has 0 aliphatic carbocycles. The van der Waals surface area contributed by atoms with Crippen molar-refractivity contribution in [2.24, 2.45) is 5.92 Å². The second kappa shape index (κ2) is 10.0. The maximum atomic E-state index is 12.4. The number of anilines is 1. The highest BCUT2D eigenvalue weighted by molar-refractivity contribution is 6.42. The minimum Gasteiger partial charge on any atom is -0.455 e. The minimum absolute atomic E-state index is 0.0661. The molecule has 0 bridgehead atoms. The third kappa shape index (κ3) is 5.57. The van der Waals surface area contributed by atoms with Crippen molar-refractivity contribution in [3.63, 3.8) is 0 Å². The molecule has 1 atom stereocenters. The Morgan fingerprint density at radius 2 is 1.88 bits per heavy atom. The minimum atomic E-state index is -0.801. The molecule has 2 aromatic carbocycles. The summed E-state index contributed by atoms with van der Waals surface area (Å²) < 4.78 is 5.07. The Labute approximate surface area is 194 Å². The topological polar surface area (TPSA) is 105 Å². The van der Waals surface area contributed by atoms with Gasteiger partial charge in [-0.3, -0.25) is 29.6 Å². The summed E-state index contributed by atoms with van der Waals surface area (Å²) in [4.78, 5) is 49.0. The molecular weight excluding hydrogens is 457 g/mol. The van der Waals surface area contributed by atoms with Crippen LogP contribution < -0.4 is 10.7 Å². The fourth-order valence-electron chi connectivity index (χ4n) is 3.13. The molecule has 8 nitrogen and oxygen atoms in total. The largest absolute Gasteiger partial charge is 0.455 e. The third-order valence-electron chi connectivity index (χ3n) is 5.10. The Kier molecular flexibility index (Phi) is 7.37. The number of hydrogen-bond donors (Lipinski definition) is 2. The first-order valence-electron chi connectivity index (χ1n) is 9.75. The number of hydrogen-bond acceptors (Lipinski definition) is 5. The van der Waals surface area contributed by atoms with Crippen LogP contribution in [-0.2, 0) is 19.1 Å². The molecule has 1 saturated heterocycles. The van der Waals surface area contributed by atoms with Crippen molar-refractivity contribution in [3.8, 4) is 0 Å². The van der Waals surface area contributed by atoms with Crippen LogP contribution in [0.25, 0.3) is 0 Å². The highest BCUT2D eigenvalue weighted by Crippen LogP contribution is 2.23. The number of aryl methyl sites for hydroxylation is 1. The maximum Gasteiger partial charge on any atom is 0.311 e. The molecule has 168 valence electrons. The van der Waals surface area contributed by atoms with Crippen LogP contribution in [0.15, 0.2) is 36.4 Å². The summed E-state index contributed by atoms with van der Waals surface area (Å²) in [7, 11) is 0. The van der Waals surface area contributed by atoms with Crippen molar-refractivity contribution >= 4 is 52.6 Å². The van der Waals surface area contributed by atoms with Crippen molar-refractivity contribution in [3.05, 3.63) is 63.1 Å². The number of carbonyl (C=O) groups is 4. The van der Waals surface area contributed by atoms with Gasteiger partial charge in [0.05, 0.1) is 22.5 Å². The fourth-order valence-corrected chi connectivity index (χ4v) is 3.42. The molecule has 2 N–H and O–H groups in total. The summed E-state index contributed by atoms with van der Waals surface area (Å²) in [6.45, 7) is 3.26. The number of ether oxygens (including phenoxy) is 1. The van der Waals surface area contributed by atoms with E-state index in [-0.39, 0.29) is 23.6 Å². The van der Waals surface area contributed by atoms with Gasteiger partial charge in [0, 0.05) is 17.7 Å². The van der Waals surface area contributed by atoms with Crippen LogP contribution >= 0.6 is 23.2 Å². The van der Waals surface area contributed by atoms with Gasteiger partial charge in [0.1, 0.15) is 0 Å². The smallest absolute Gasteiger partial charge is 0.311 e. The summed E-state index contributed by atoms with van der Waals surface area (Å²) in [6, 6.07) is 9.80. The number of nitrogens with one attached hydrogen (secondary N) is 2. The van der Waals surface area contributed by atoms with E-state index in [1.54, 1.807) is 6.07 Å². The molecule has 0 radical (unpaired) electrons. The van der Waals surface area contributed by atoms with Crippen molar-refractivity contribution in [2.75, 3.05) is 18.5 Å². The first-order valence-corrected chi connectivity index (χ1v) is 10.5. The molecule has 1 aliphatic heterocycles. The number of rotatable bonds is 6.